The second-order valence-corrected chi connectivity index (χ2v) is 10.7. The third kappa shape index (κ3) is 4.77. The number of carboxylic acid groups (broad SMARTS) is 1. The van der Waals surface area contributed by atoms with Crippen LogP contribution in [0.3, 0.4) is 0 Å². The summed E-state index contributed by atoms with van der Waals surface area (Å²) in [6, 6.07) is 9.37. The Kier molecular flexibility index (Phi) is 5.83. The van der Waals surface area contributed by atoms with E-state index in [0.717, 1.165) is 35.1 Å². The molecule has 0 bridgehead atoms. The molecule has 2 amide bonds. The number of amides is 2. The number of hydrogen-bond acceptors (Lipinski definition) is 5. The quantitative estimate of drug-likeness (QED) is 0.534. The van der Waals surface area contributed by atoms with Gasteiger partial charge in [-0.15, -0.1) is 0 Å². The Balaban J connectivity index is 1.70. The average Bonchev–Trinajstić information content (AvgIpc) is 2.68. The van der Waals surface area contributed by atoms with Crippen LogP contribution in [0.4, 0.5) is 10.5 Å². The fraction of sp³-hybridized carbons (Fsp3) is 0.364. The van der Waals surface area contributed by atoms with Crippen LogP contribution < -0.4 is 10.6 Å². The molecule has 2 heterocycles. The van der Waals surface area contributed by atoms with E-state index in [9.17, 15) is 9.59 Å². The molecule has 162 valence electrons. The molecule has 0 radical (unpaired) electrons. The van der Waals surface area contributed by atoms with Crippen LogP contribution in [0.15, 0.2) is 46.0 Å². The van der Waals surface area contributed by atoms with Crippen molar-refractivity contribution in [3.63, 3.8) is 0 Å². The van der Waals surface area contributed by atoms with E-state index in [1.807, 2.05) is 18.2 Å². The molecule has 3 N–H and O–H groups in total. The summed E-state index contributed by atoms with van der Waals surface area (Å²) in [5.41, 5.74) is 2.75. The third-order valence-corrected chi connectivity index (χ3v) is 6.90. The van der Waals surface area contributed by atoms with E-state index >= 15 is 0 Å². The van der Waals surface area contributed by atoms with Crippen molar-refractivity contribution in [1.29, 1.82) is 0 Å². The smallest absolute Gasteiger partial charge is 0.410 e. The molecule has 2 aliphatic rings. The number of anilines is 1. The number of benzene rings is 1. The van der Waals surface area contributed by atoms with E-state index < -0.39 is 11.6 Å². The molecule has 2 aromatic rings. The standard InChI is InChI=1S/C22H23BrN4O3S/c1-21(2)10-13-3-5-15(25-18(28)17-6-4-14(23)11-24-17)9-16(13)22(12-21)7-8-31-19(27-22)26-20(29)30/h3-6,9,11H,7-8,10,12H2,1-2H3,(H,25,28)(H,26,27)(H,29,30). The van der Waals surface area contributed by atoms with Crippen molar-refractivity contribution in [3.05, 3.63) is 57.8 Å². The summed E-state index contributed by atoms with van der Waals surface area (Å²) in [5, 5.41) is 15.0. The predicted molar refractivity (Wildman–Crippen MR) is 126 cm³/mol. The highest BCUT2D eigenvalue weighted by Gasteiger charge is 2.45. The van der Waals surface area contributed by atoms with Gasteiger partial charge < -0.3 is 10.4 Å². The summed E-state index contributed by atoms with van der Waals surface area (Å²) < 4.78 is 0.807. The maximum Gasteiger partial charge on any atom is 0.410 e. The van der Waals surface area contributed by atoms with E-state index in [1.165, 1.54) is 17.3 Å². The van der Waals surface area contributed by atoms with Crippen molar-refractivity contribution >= 4 is 50.5 Å². The Morgan fingerprint density at radius 2 is 2.00 bits per heavy atom. The van der Waals surface area contributed by atoms with Crippen LogP contribution in [0.25, 0.3) is 0 Å². The summed E-state index contributed by atoms with van der Waals surface area (Å²) in [7, 11) is 0. The first-order chi connectivity index (χ1) is 14.7. The lowest BCUT2D eigenvalue weighted by atomic mass is 9.64. The van der Waals surface area contributed by atoms with Crippen LogP contribution in [0.5, 0.6) is 0 Å². The number of carbonyl (C=O) groups is 2. The van der Waals surface area contributed by atoms with Gasteiger partial charge in [-0.3, -0.25) is 15.1 Å². The first-order valence-corrected chi connectivity index (χ1v) is 11.7. The van der Waals surface area contributed by atoms with Crippen LogP contribution in [0.2, 0.25) is 0 Å². The molecule has 4 rings (SSSR count). The van der Waals surface area contributed by atoms with Gasteiger partial charge in [-0.05, 0) is 76.0 Å². The number of rotatable bonds is 2. The van der Waals surface area contributed by atoms with Crippen molar-refractivity contribution in [2.24, 2.45) is 10.4 Å². The molecule has 1 aromatic heterocycles. The Morgan fingerprint density at radius 3 is 2.71 bits per heavy atom. The van der Waals surface area contributed by atoms with Gasteiger partial charge in [-0.2, -0.15) is 0 Å². The molecule has 9 heteroatoms. The van der Waals surface area contributed by atoms with Gasteiger partial charge >= 0.3 is 6.09 Å². The number of fused-ring (bicyclic) bond motifs is 2. The van der Waals surface area contributed by atoms with E-state index in [1.54, 1.807) is 18.3 Å². The Morgan fingerprint density at radius 1 is 1.19 bits per heavy atom. The number of aromatic nitrogens is 1. The van der Waals surface area contributed by atoms with Crippen molar-refractivity contribution in [3.8, 4) is 0 Å². The Hall–Kier alpha value is -2.39. The zero-order valence-corrected chi connectivity index (χ0v) is 19.6. The Labute approximate surface area is 193 Å². The third-order valence-electron chi connectivity index (χ3n) is 5.55. The minimum absolute atomic E-state index is 0.0267. The molecule has 1 spiro atoms. The highest BCUT2D eigenvalue weighted by molar-refractivity contribution is 9.10. The predicted octanol–water partition coefficient (Wildman–Crippen LogP) is 5.02. The summed E-state index contributed by atoms with van der Waals surface area (Å²) in [6.07, 6.45) is 3.00. The molecule has 1 aliphatic heterocycles. The molecule has 1 unspecified atom stereocenters. The lowest BCUT2D eigenvalue weighted by Crippen LogP contribution is -2.42. The topological polar surface area (TPSA) is 104 Å². The number of nitrogens with one attached hydrogen (secondary N) is 2. The fourth-order valence-electron chi connectivity index (χ4n) is 4.49. The van der Waals surface area contributed by atoms with Crippen molar-refractivity contribution in [2.75, 3.05) is 11.1 Å². The van der Waals surface area contributed by atoms with Gasteiger partial charge in [0.15, 0.2) is 5.17 Å². The zero-order chi connectivity index (χ0) is 22.2. The van der Waals surface area contributed by atoms with Crippen LogP contribution in [0, 0.1) is 5.41 Å². The molecule has 0 saturated heterocycles. The summed E-state index contributed by atoms with van der Waals surface area (Å²) in [6.45, 7) is 4.43. The largest absolute Gasteiger partial charge is 0.465 e. The minimum Gasteiger partial charge on any atom is -0.465 e. The number of carbonyl (C=O) groups excluding carboxylic acids is 1. The first-order valence-electron chi connectivity index (χ1n) is 9.95. The van der Waals surface area contributed by atoms with Crippen LogP contribution in [0.1, 0.15) is 48.3 Å². The second-order valence-electron chi connectivity index (χ2n) is 8.68. The molecule has 0 fully saturated rings. The summed E-state index contributed by atoms with van der Waals surface area (Å²) in [4.78, 5) is 32.9. The van der Waals surface area contributed by atoms with Gasteiger partial charge in [0.25, 0.3) is 5.91 Å². The lowest BCUT2D eigenvalue weighted by molar-refractivity contribution is 0.102. The highest BCUT2D eigenvalue weighted by atomic mass is 79.9. The van der Waals surface area contributed by atoms with E-state index in [-0.39, 0.29) is 11.3 Å². The molecule has 1 aromatic carbocycles. The number of amidine groups is 1. The molecular formula is C22H23BrN4O3S. The molecule has 1 atom stereocenters. The van der Waals surface area contributed by atoms with E-state index in [4.69, 9.17) is 10.1 Å². The van der Waals surface area contributed by atoms with Crippen LogP contribution >= 0.6 is 27.7 Å². The van der Waals surface area contributed by atoms with Gasteiger partial charge in [0.1, 0.15) is 5.69 Å². The number of thioether (sulfide) groups is 1. The monoisotopic (exact) mass is 502 g/mol. The van der Waals surface area contributed by atoms with Gasteiger partial charge in [-0.25, -0.2) is 9.78 Å². The second kappa shape index (κ2) is 8.27. The molecular weight excluding hydrogens is 480 g/mol. The number of halogens is 1. The number of pyridine rings is 1. The van der Waals surface area contributed by atoms with Crippen LogP contribution in [-0.4, -0.2) is 33.0 Å². The van der Waals surface area contributed by atoms with E-state index in [0.29, 0.717) is 16.5 Å². The van der Waals surface area contributed by atoms with Gasteiger partial charge in [0.05, 0.1) is 5.54 Å². The first kappa shape index (κ1) is 21.8. The van der Waals surface area contributed by atoms with Gasteiger partial charge in [0, 0.05) is 22.1 Å². The number of nitrogens with zero attached hydrogens (tertiary/aromatic N) is 2. The molecule has 7 nitrogen and oxygen atoms in total. The average molecular weight is 503 g/mol. The van der Waals surface area contributed by atoms with E-state index in [2.05, 4.69) is 45.4 Å². The number of hydrogen-bond donors (Lipinski definition) is 3. The summed E-state index contributed by atoms with van der Waals surface area (Å²) in [5.74, 6) is 0.488. The van der Waals surface area contributed by atoms with Crippen molar-refractivity contribution in [1.82, 2.24) is 10.3 Å². The maximum atomic E-state index is 12.6. The number of aliphatic imine (C=N–C) groups is 1. The Bertz CT molecular complexity index is 1070. The van der Waals surface area contributed by atoms with Crippen molar-refractivity contribution in [2.45, 2.75) is 38.6 Å². The highest BCUT2D eigenvalue weighted by Crippen LogP contribution is 2.51. The molecule has 0 saturated carbocycles. The fourth-order valence-corrected chi connectivity index (χ4v) is 5.76. The maximum absolute atomic E-state index is 12.6. The van der Waals surface area contributed by atoms with Crippen molar-refractivity contribution < 1.29 is 14.7 Å². The normalized spacial score (nSPS) is 21.7. The summed E-state index contributed by atoms with van der Waals surface area (Å²) >= 11 is 4.75. The zero-order valence-electron chi connectivity index (χ0n) is 17.2. The SMILES string of the molecule is CC1(C)Cc2ccc(NC(=O)c3ccc(Br)cn3)cc2C2(CCSC(NC(=O)O)=N2)C1. The molecule has 1 aliphatic carbocycles. The minimum atomic E-state index is -1.11. The molecule has 31 heavy (non-hydrogen) atoms. The van der Waals surface area contributed by atoms with Crippen LogP contribution in [-0.2, 0) is 12.0 Å². The van der Waals surface area contributed by atoms with Gasteiger partial charge in [-0.1, -0.05) is 31.7 Å². The lowest BCUT2D eigenvalue weighted by Gasteiger charge is -2.45. The van der Waals surface area contributed by atoms with Gasteiger partial charge in [0.2, 0.25) is 0 Å².